The molecule has 0 unspecified atom stereocenters. The first-order valence-corrected chi connectivity index (χ1v) is 6.59. The van der Waals surface area contributed by atoms with E-state index in [-0.39, 0.29) is 12.2 Å². The highest BCUT2D eigenvalue weighted by Gasteiger charge is 2.28. The molecule has 0 aliphatic carbocycles. The van der Waals surface area contributed by atoms with Crippen molar-refractivity contribution < 1.29 is 15.0 Å². The van der Waals surface area contributed by atoms with Crippen molar-refractivity contribution in [3.63, 3.8) is 0 Å². The fourth-order valence-corrected chi connectivity index (χ4v) is 3.12. The molecule has 0 fully saturated rings. The molecule has 6 heteroatoms. The number of hydrogen-bond donors (Lipinski definition) is 3. The maximum Gasteiger partial charge on any atom is 0.323 e. The van der Waals surface area contributed by atoms with Gasteiger partial charge in [-0.05, 0) is 69.8 Å². The smallest absolute Gasteiger partial charge is 0.323 e. The quantitative estimate of drug-likeness (QED) is 0.619. The minimum absolute atomic E-state index is 0.221. The molecule has 0 heterocycles. The van der Waals surface area contributed by atoms with E-state index in [0.717, 1.165) is 5.56 Å². The van der Waals surface area contributed by atoms with E-state index in [9.17, 15) is 9.90 Å². The molecule has 0 aliphatic rings. The number of hydrogen-bond acceptors (Lipinski definition) is 3. The highest BCUT2D eigenvalue weighted by molar-refractivity contribution is 14.1. The molecule has 1 rings (SSSR count). The number of carboxylic acids is 1. The van der Waals surface area contributed by atoms with Crippen LogP contribution in [0.3, 0.4) is 0 Å². The number of phenolic OH excluding ortho intramolecular Hbond substituents is 1. The van der Waals surface area contributed by atoms with Gasteiger partial charge >= 0.3 is 5.97 Å². The van der Waals surface area contributed by atoms with Crippen molar-refractivity contribution >= 4 is 51.2 Å². The van der Waals surface area contributed by atoms with Crippen LogP contribution in [-0.2, 0) is 11.2 Å². The molecule has 0 saturated carbocycles. The van der Waals surface area contributed by atoms with Gasteiger partial charge in [0.2, 0.25) is 0 Å². The van der Waals surface area contributed by atoms with Crippen LogP contribution in [0.5, 0.6) is 5.75 Å². The second-order valence-electron chi connectivity index (χ2n) is 3.81. The Morgan fingerprint density at radius 2 is 1.88 bits per heavy atom. The number of carbonyl (C=O) groups is 1. The summed E-state index contributed by atoms with van der Waals surface area (Å²) in [5.41, 5.74) is 5.18. The van der Waals surface area contributed by atoms with Crippen molar-refractivity contribution in [3.05, 3.63) is 24.8 Å². The summed E-state index contributed by atoms with van der Waals surface area (Å²) in [6, 6.07) is 3.48. The average Bonchev–Trinajstić information content (AvgIpc) is 2.13. The van der Waals surface area contributed by atoms with Gasteiger partial charge in [0.15, 0.2) is 0 Å². The van der Waals surface area contributed by atoms with Crippen LogP contribution in [0, 0.1) is 7.14 Å². The number of aliphatic carboxylic acids is 1. The van der Waals surface area contributed by atoms with Crippen LogP contribution in [0.4, 0.5) is 0 Å². The van der Waals surface area contributed by atoms with Gasteiger partial charge in [-0.3, -0.25) is 4.79 Å². The topological polar surface area (TPSA) is 83.5 Å². The Hall–Kier alpha value is -0.0900. The lowest BCUT2D eigenvalue weighted by Gasteiger charge is -2.19. The molecule has 1 atom stereocenters. The fourth-order valence-electron chi connectivity index (χ4n) is 1.22. The summed E-state index contributed by atoms with van der Waals surface area (Å²) >= 11 is 4.00. The van der Waals surface area contributed by atoms with E-state index >= 15 is 0 Å². The van der Waals surface area contributed by atoms with E-state index < -0.39 is 11.5 Å². The molecule has 1 aromatic carbocycles. The number of nitrogens with two attached hydrogens (primary N) is 1. The van der Waals surface area contributed by atoms with Gasteiger partial charge in [0, 0.05) is 6.42 Å². The van der Waals surface area contributed by atoms with Gasteiger partial charge in [-0.25, -0.2) is 0 Å². The third-order valence-corrected chi connectivity index (χ3v) is 3.78. The van der Waals surface area contributed by atoms with E-state index in [4.69, 9.17) is 10.8 Å². The summed E-state index contributed by atoms with van der Waals surface area (Å²) in [6.45, 7) is 1.47. The van der Waals surface area contributed by atoms with Gasteiger partial charge in [-0.2, -0.15) is 0 Å². The molecular formula is C10H11I2NO3. The Labute approximate surface area is 121 Å². The first-order valence-electron chi connectivity index (χ1n) is 4.43. The fraction of sp³-hybridized carbons (Fsp3) is 0.300. The van der Waals surface area contributed by atoms with Crippen LogP contribution >= 0.6 is 45.2 Å². The monoisotopic (exact) mass is 447 g/mol. The second-order valence-corrected chi connectivity index (χ2v) is 6.13. The predicted molar refractivity (Wildman–Crippen MR) is 77.5 cm³/mol. The number of rotatable bonds is 3. The van der Waals surface area contributed by atoms with Crippen molar-refractivity contribution in [1.29, 1.82) is 0 Å². The van der Waals surface area contributed by atoms with E-state index in [1.54, 1.807) is 12.1 Å². The maximum atomic E-state index is 10.9. The number of phenols is 1. The lowest BCUT2D eigenvalue weighted by atomic mass is 9.94. The molecule has 0 saturated heterocycles. The van der Waals surface area contributed by atoms with Gasteiger partial charge < -0.3 is 15.9 Å². The molecule has 88 valence electrons. The highest BCUT2D eigenvalue weighted by atomic mass is 127. The SMILES string of the molecule is C[C@@](N)(Cc1cc(I)c(O)c(I)c1)C(=O)O. The molecular weight excluding hydrogens is 436 g/mol. The molecule has 16 heavy (non-hydrogen) atoms. The van der Waals surface area contributed by atoms with E-state index in [0.29, 0.717) is 7.14 Å². The van der Waals surface area contributed by atoms with Crippen LogP contribution in [0.15, 0.2) is 12.1 Å². The third kappa shape index (κ3) is 3.20. The van der Waals surface area contributed by atoms with Crippen LogP contribution in [0.1, 0.15) is 12.5 Å². The molecule has 0 amide bonds. The zero-order valence-corrected chi connectivity index (χ0v) is 12.8. The molecule has 1 aromatic rings. The van der Waals surface area contributed by atoms with E-state index in [2.05, 4.69) is 0 Å². The minimum atomic E-state index is -1.29. The zero-order valence-electron chi connectivity index (χ0n) is 8.50. The Bertz CT molecular complexity index is 409. The van der Waals surface area contributed by atoms with Gasteiger partial charge in [-0.1, -0.05) is 0 Å². The van der Waals surface area contributed by atoms with Crippen molar-refractivity contribution in [1.82, 2.24) is 0 Å². The molecule has 0 aliphatic heterocycles. The summed E-state index contributed by atoms with van der Waals surface area (Å²) < 4.78 is 1.39. The Kier molecular flexibility index (Phi) is 4.41. The Morgan fingerprint density at radius 1 is 1.44 bits per heavy atom. The predicted octanol–water partition coefficient (Wildman–Crippen LogP) is 1.95. The first kappa shape index (κ1) is 14.0. The summed E-state index contributed by atoms with van der Waals surface area (Å²) in [6.07, 6.45) is 0.231. The Balaban J connectivity index is 3.04. The highest BCUT2D eigenvalue weighted by Crippen LogP contribution is 2.28. The minimum Gasteiger partial charge on any atom is -0.506 e. The lowest BCUT2D eigenvalue weighted by molar-refractivity contribution is -0.142. The van der Waals surface area contributed by atoms with E-state index in [1.807, 2.05) is 45.2 Å². The maximum absolute atomic E-state index is 10.9. The largest absolute Gasteiger partial charge is 0.506 e. The average molecular weight is 447 g/mol. The summed E-state index contributed by atoms with van der Waals surface area (Å²) in [5, 5.41) is 18.5. The summed E-state index contributed by atoms with van der Waals surface area (Å²) in [7, 11) is 0. The second kappa shape index (κ2) is 5.05. The van der Waals surface area contributed by atoms with Gasteiger partial charge in [0.05, 0.1) is 7.14 Å². The Morgan fingerprint density at radius 3 is 2.25 bits per heavy atom. The molecule has 4 nitrogen and oxygen atoms in total. The van der Waals surface area contributed by atoms with Crippen molar-refractivity contribution in [3.8, 4) is 5.75 Å². The molecule has 4 N–H and O–H groups in total. The number of benzene rings is 1. The first-order chi connectivity index (χ1) is 7.24. The van der Waals surface area contributed by atoms with Crippen molar-refractivity contribution in [2.24, 2.45) is 5.73 Å². The molecule has 0 spiro atoms. The third-order valence-electron chi connectivity index (χ3n) is 2.14. The molecule has 0 bridgehead atoms. The van der Waals surface area contributed by atoms with Crippen LogP contribution < -0.4 is 5.73 Å². The van der Waals surface area contributed by atoms with Crippen molar-refractivity contribution in [2.45, 2.75) is 18.9 Å². The number of carboxylic acid groups (broad SMARTS) is 1. The summed E-state index contributed by atoms with van der Waals surface area (Å²) in [5.74, 6) is -0.815. The van der Waals surface area contributed by atoms with Gasteiger partial charge in [0.1, 0.15) is 11.3 Å². The van der Waals surface area contributed by atoms with Crippen molar-refractivity contribution in [2.75, 3.05) is 0 Å². The standard InChI is InChI=1S/C10H11I2NO3/c1-10(13,9(15)16)4-5-2-6(11)8(14)7(12)3-5/h2-3,14H,4,13H2,1H3,(H,15,16)/t10-/m1/s1. The van der Waals surface area contributed by atoms with E-state index in [1.165, 1.54) is 6.92 Å². The van der Waals surface area contributed by atoms with Crippen LogP contribution in [0.25, 0.3) is 0 Å². The van der Waals surface area contributed by atoms with Crippen LogP contribution in [0.2, 0.25) is 0 Å². The zero-order chi connectivity index (χ0) is 12.5. The number of halogens is 2. The van der Waals surface area contributed by atoms with Gasteiger partial charge in [-0.15, -0.1) is 0 Å². The number of aromatic hydroxyl groups is 1. The molecule has 0 radical (unpaired) electrons. The summed E-state index contributed by atoms with van der Waals surface area (Å²) in [4.78, 5) is 10.9. The normalized spacial score (nSPS) is 14.5. The lowest BCUT2D eigenvalue weighted by Crippen LogP contribution is -2.46. The van der Waals surface area contributed by atoms with Crippen LogP contribution in [-0.4, -0.2) is 21.7 Å². The molecule has 0 aromatic heterocycles. The van der Waals surface area contributed by atoms with Gasteiger partial charge in [0.25, 0.3) is 0 Å².